The summed E-state index contributed by atoms with van der Waals surface area (Å²) in [4.78, 5) is 33.9. The van der Waals surface area contributed by atoms with Crippen LogP contribution in [0.1, 0.15) is 168 Å². The molecule has 0 saturated heterocycles. The number of hydrogen-bond donors (Lipinski definition) is 3. The minimum Gasteiger partial charge on any atom is -0.481 e. The lowest BCUT2D eigenvalue weighted by molar-refractivity contribution is -0.137. The summed E-state index contributed by atoms with van der Waals surface area (Å²) in [6.07, 6.45) is 25.7. The van der Waals surface area contributed by atoms with Gasteiger partial charge in [0.15, 0.2) is 0 Å². The van der Waals surface area contributed by atoms with E-state index in [1.165, 1.54) is 109 Å². The molecule has 0 bridgehead atoms. The number of carboxylic acid groups (broad SMARTS) is 2. The zero-order chi connectivity index (χ0) is 28.3. The number of alkyl carbamates (subject to hydrolysis) is 1. The lowest BCUT2D eigenvalue weighted by Crippen LogP contribution is -2.47. The van der Waals surface area contributed by atoms with Crippen molar-refractivity contribution >= 4 is 18.0 Å². The Kier molecular flexibility index (Phi) is 24.3. The Balaban J connectivity index is 3.54. The van der Waals surface area contributed by atoms with E-state index >= 15 is 0 Å². The standard InChI is InChI=1S/C31H59NO6/c1-3-4-5-6-7-8-9-10-11-12-13-14-15-16-17-18-19-20-21-22-27-38-30(37)32-31(2,25-23-28(33)34)26-24-29(35)36/h3-27H2,1-2H3,(H,32,37)(H,33,34)(H,35,36). The van der Waals surface area contributed by atoms with Gasteiger partial charge in [-0.3, -0.25) is 9.59 Å². The van der Waals surface area contributed by atoms with Crippen molar-refractivity contribution in [3.8, 4) is 0 Å². The van der Waals surface area contributed by atoms with Gasteiger partial charge in [-0.05, 0) is 26.2 Å². The molecule has 3 N–H and O–H groups in total. The number of carbonyl (C=O) groups is 3. The molecule has 0 radical (unpaired) electrons. The summed E-state index contributed by atoms with van der Waals surface area (Å²) in [6.45, 7) is 4.26. The molecule has 7 nitrogen and oxygen atoms in total. The molecule has 0 fully saturated rings. The maximum Gasteiger partial charge on any atom is 0.407 e. The molecule has 0 aromatic rings. The van der Waals surface area contributed by atoms with Crippen molar-refractivity contribution in [2.75, 3.05) is 6.61 Å². The first-order valence-electron chi connectivity index (χ1n) is 15.7. The van der Waals surface area contributed by atoms with Gasteiger partial charge < -0.3 is 20.3 Å². The van der Waals surface area contributed by atoms with Gasteiger partial charge in [-0.15, -0.1) is 0 Å². The quantitative estimate of drug-likeness (QED) is 0.0852. The van der Waals surface area contributed by atoms with Gasteiger partial charge in [-0.1, -0.05) is 129 Å². The summed E-state index contributed by atoms with van der Waals surface area (Å²) < 4.78 is 5.24. The fraction of sp³-hybridized carbons (Fsp3) is 0.903. The van der Waals surface area contributed by atoms with E-state index < -0.39 is 23.6 Å². The van der Waals surface area contributed by atoms with E-state index in [-0.39, 0.29) is 25.7 Å². The summed E-state index contributed by atoms with van der Waals surface area (Å²) in [5.74, 6) is -1.96. The Morgan fingerprint density at radius 3 is 1.21 bits per heavy atom. The minimum atomic E-state index is -0.980. The van der Waals surface area contributed by atoms with E-state index in [2.05, 4.69) is 12.2 Å². The lowest BCUT2D eigenvalue weighted by atomic mass is 9.90. The third-order valence-electron chi connectivity index (χ3n) is 7.42. The fourth-order valence-electron chi connectivity index (χ4n) is 4.82. The van der Waals surface area contributed by atoms with Crippen molar-refractivity contribution in [1.82, 2.24) is 5.32 Å². The van der Waals surface area contributed by atoms with E-state index in [0.717, 1.165) is 19.3 Å². The Labute approximate surface area is 232 Å². The number of rotatable bonds is 28. The average molecular weight is 542 g/mol. The van der Waals surface area contributed by atoms with Crippen molar-refractivity contribution < 1.29 is 29.3 Å². The third-order valence-corrected chi connectivity index (χ3v) is 7.42. The van der Waals surface area contributed by atoms with Gasteiger partial charge in [0.1, 0.15) is 0 Å². The van der Waals surface area contributed by atoms with E-state index in [1.54, 1.807) is 6.92 Å². The number of amides is 1. The van der Waals surface area contributed by atoms with Crippen molar-refractivity contribution in [3.05, 3.63) is 0 Å². The van der Waals surface area contributed by atoms with Crippen LogP contribution in [0.15, 0.2) is 0 Å². The molecule has 0 aliphatic rings. The Morgan fingerprint density at radius 2 is 0.895 bits per heavy atom. The zero-order valence-electron chi connectivity index (χ0n) is 24.7. The van der Waals surface area contributed by atoms with Crippen molar-refractivity contribution in [3.63, 3.8) is 0 Å². The van der Waals surface area contributed by atoms with Crippen LogP contribution < -0.4 is 5.32 Å². The molecule has 7 heteroatoms. The minimum absolute atomic E-state index is 0.143. The van der Waals surface area contributed by atoms with Crippen LogP contribution in [0.25, 0.3) is 0 Å². The number of carboxylic acids is 2. The van der Waals surface area contributed by atoms with Gasteiger partial charge in [0.05, 0.1) is 6.61 Å². The molecule has 0 saturated carbocycles. The Bertz CT molecular complexity index is 577. The molecule has 0 spiro atoms. The second-order valence-electron chi connectivity index (χ2n) is 11.3. The molecule has 0 unspecified atom stereocenters. The summed E-state index contributed by atoms with van der Waals surface area (Å²) in [5.41, 5.74) is -0.916. The van der Waals surface area contributed by atoms with Crippen LogP contribution in [0.3, 0.4) is 0 Å². The largest absolute Gasteiger partial charge is 0.481 e. The summed E-state index contributed by atoms with van der Waals surface area (Å²) in [7, 11) is 0. The van der Waals surface area contributed by atoms with Crippen molar-refractivity contribution in [1.29, 1.82) is 0 Å². The zero-order valence-corrected chi connectivity index (χ0v) is 24.7. The fourth-order valence-corrected chi connectivity index (χ4v) is 4.82. The van der Waals surface area contributed by atoms with Gasteiger partial charge in [-0.2, -0.15) is 0 Å². The molecule has 0 rings (SSSR count). The van der Waals surface area contributed by atoms with Gasteiger partial charge >= 0.3 is 18.0 Å². The van der Waals surface area contributed by atoms with Crippen LogP contribution in [0.5, 0.6) is 0 Å². The highest BCUT2D eigenvalue weighted by molar-refractivity contribution is 5.70. The maximum absolute atomic E-state index is 12.1. The normalized spacial score (nSPS) is 11.4. The second kappa shape index (κ2) is 25.5. The van der Waals surface area contributed by atoms with Gasteiger partial charge in [-0.25, -0.2) is 4.79 Å². The first-order valence-corrected chi connectivity index (χ1v) is 15.7. The number of hydrogen-bond acceptors (Lipinski definition) is 4. The smallest absolute Gasteiger partial charge is 0.407 e. The van der Waals surface area contributed by atoms with Crippen LogP contribution in [0.4, 0.5) is 4.79 Å². The number of nitrogens with one attached hydrogen (secondary N) is 1. The van der Waals surface area contributed by atoms with Crippen molar-refractivity contribution in [2.24, 2.45) is 0 Å². The van der Waals surface area contributed by atoms with Crippen LogP contribution in [0, 0.1) is 0 Å². The molecule has 0 aliphatic heterocycles. The van der Waals surface area contributed by atoms with Gasteiger partial charge in [0, 0.05) is 18.4 Å². The first kappa shape index (κ1) is 36.2. The monoisotopic (exact) mass is 541 g/mol. The SMILES string of the molecule is CCCCCCCCCCCCCCCCCCCCCCOC(=O)NC(C)(CCC(=O)O)CCC(=O)O. The number of carbonyl (C=O) groups excluding carboxylic acids is 1. The third kappa shape index (κ3) is 25.8. The summed E-state index contributed by atoms with van der Waals surface area (Å²) in [6, 6.07) is 0. The Morgan fingerprint density at radius 1 is 0.579 bits per heavy atom. The van der Waals surface area contributed by atoms with E-state index in [1.807, 2.05) is 0 Å². The molecule has 38 heavy (non-hydrogen) atoms. The van der Waals surface area contributed by atoms with E-state index in [0.29, 0.717) is 6.61 Å². The second-order valence-corrected chi connectivity index (χ2v) is 11.3. The molecular formula is C31H59NO6. The molecule has 0 aromatic carbocycles. The summed E-state index contributed by atoms with van der Waals surface area (Å²) >= 11 is 0. The molecule has 0 aromatic heterocycles. The van der Waals surface area contributed by atoms with Gasteiger partial charge in [0.25, 0.3) is 0 Å². The average Bonchev–Trinajstić information content (AvgIpc) is 2.87. The predicted octanol–water partition coefficient (Wildman–Crippen LogP) is 9.02. The van der Waals surface area contributed by atoms with E-state index in [4.69, 9.17) is 14.9 Å². The molecule has 0 heterocycles. The maximum atomic E-state index is 12.1. The molecule has 0 atom stereocenters. The molecule has 0 aliphatic carbocycles. The Hall–Kier alpha value is -1.79. The van der Waals surface area contributed by atoms with Crippen molar-refractivity contribution in [2.45, 2.75) is 173 Å². The number of unbranched alkanes of at least 4 members (excludes halogenated alkanes) is 19. The van der Waals surface area contributed by atoms with Gasteiger partial charge in [0.2, 0.25) is 0 Å². The van der Waals surface area contributed by atoms with Crippen LogP contribution in [0.2, 0.25) is 0 Å². The lowest BCUT2D eigenvalue weighted by Gasteiger charge is -2.29. The first-order chi connectivity index (χ1) is 18.3. The van der Waals surface area contributed by atoms with E-state index in [9.17, 15) is 14.4 Å². The molecule has 224 valence electrons. The highest BCUT2D eigenvalue weighted by atomic mass is 16.5. The molecule has 1 amide bonds. The summed E-state index contributed by atoms with van der Waals surface area (Å²) in [5, 5.41) is 20.5. The topological polar surface area (TPSA) is 113 Å². The highest BCUT2D eigenvalue weighted by Gasteiger charge is 2.28. The van der Waals surface area contributed by atoms with Crippen LogP contribution >= 0.6 is 0 Å². The molecular weight excluding hydrogens is 482 g/mol. The number of aliphatic carboxylic acids is 2. The van der Waals surface area contributed by atoms with Crippen LogP contribution in [-0.4, -0.2) is 40.4 Å². The van der Waals surface area contributed by atoms with Crippen LogP contribution in [-0.2, 0) is 14.3 Å². The highest BCUT2D eigenvalue weighted by Crippen LogP contribution is 2.20. The number of ether oxygens (including phenoxy) is 1. The predicted molar refractivity (Wildman–Crippen MR) is 155 cm³/mol.